The smallest absolute Gasteiger partial charge is 0.0669 e. The molecule has 0 aliphatic carbocycles. The van der Waals surface area contributed by atoms with Crippen LogP contribution in [-0.4, -0.2) is 18.5 Å². The SMILES string of the molecule is Nc1ccc(SCC2CCCCO2)cc1. The van der Waals surface area contributed by atoms with E-state index >= 15 is 0 Å². The molecule has 82 valence electrons. The van der Waals surface area contributed by atoms with Crippen molar-refractivity contribution in [3.05, 3.63) is 24.3 Å². The van der Waals surface area contributed by atoms with Crippen LogP contribution >= 0.6 is 11.8 Å². The second-order valence-corrected chi connectivity index (χ2v) is 4.96. The predicted molar refractivity (Wildman–Crippen MR) is 65.2 cm³/mol. The highest BCUT2D eigenvalue weighted by atomic mass is 32.2. The topological polar surface area (TPSA) is 35.2 Å². The Bertz CT molecular complexity index is 293. The molecular formula is C12H17NOS. The second-order valence-electron chi connectivity index (χ2n) is 3.87. The number of nitrogen functional groups attached to an aromatic ring is 1. The van der Waals surface area contributed by atoms with Gasteiger partial charge in [0.1, 0.15) is 0 Å². The van der Waals surface area contributed by atoms with Gasteiger partial charge in [0.25, 0.3) is 0 Å². The largest absolute Gasteiger partial charge is 0.399 e. The van der Waals surface area contributed by atoms with Gasteiger partial charge in [-0.05, 0) is 43.5 Å². The number of ether oxygens (including phenoxy) is 1. The van der Waals surface area contributed by atoms with Crippen molar-refractivity contribution in [1.29, 1.82) is 0 Å². The third kappa shape index (κ3) is 3.43. The van der Waals surface area contributed by atoms with Crippen LogP contribution in [-0.2, 0) is 4.74 Å². The highest BCUT2D eigenvalue weighted by molar-refractivity contribution is 7.99. The maximum Gasteiger partial charge on any atom is 0.0669 e. The van der Waals surface area contributed by atoms with Crippen LogP contribution in [0.4, 0.5) is 5.69 Å². The van der Waals surface area contributed by atoms with Crippen molar-refractivity contribution in [3.8, 4) is 0 Å². The Kier molecular flexibility index (Phi) is 3.92. The van der Waals surface area contributed by atoms with E-state index in [2.05, 4.69) is 12.1 Å². The van der Waals surface area contributed by atoms with Crippen molar-refractivity contribution in [2.45, 2.75) is 30.3 Å². The maximum atomic E-state index is 5.68. The van der Waals surface area contributed by atoms with Gasteiger partial charge in [0.05, 0.1) is 6.10 Å². The van der Waals surface area contributed by atoms with E-state index in [-0.39, 0.29) is 0 Å². The van der Waals surface area contributed by atoms with Gasteiger partial charge in [-0.1, -0.05) is 0 Å². The molecule has 0 radical (unpaired) electrons. The fourth-order valence-corrected chi connectivity index (χ4v) is 2.66. The molecule has 1 aromatic rings. The average Bonchev–Trinajstić information content (AvgIpc) is 2.30. The zero-order valence-electron chi connectivity index (χ0n) is 8.82. The van der Waals surface area contributed by atoms with Gasteiger partial charge in [-0.25, -0.2) is 0 Å². The van der Waals surface area contributed by atoms with Gasteiger partial charge < -0.3 is 10.5 Å². The summed E-state index contributed by atoms with van der Waals surface area (Å²) in [7, 11) is 0. The molecule has 0 spiro atoms. The van der Waals surface area contributed by atoms with Crippen molar-refractivity contribution in [3.63, 3.8) is 0 Å². The second kappa shape index (κ2) is 5.42. The Morgan fingerprint density at radius 1 is 1.27 bits per heavy atom. The molecular weight excluding hydrogens is 206 g/mol. The molecule has 2 N–H and O–H groups in total. The van der Waals surface area contributed by atoms with Crippen LogP contribution in [0.2, 0.25) is 0 Å². The molecule has 0 saturated carbocycles. The van der Waals surface area contributed by atoms with Gasteiger partial charge in [-0.3, -0.25) is 0 Å². The van der Waals surface area contributed by atoms with E-state index in [1.54, 1.807) is 0 Å². The Morgan fingerprint density at radius 2 is 2.07 bits per heavy atom. The minimum Gasteiger partial charge on any atom is -0.399 e. The number of benzene rings is 1. The molecule has 2 rings (SSSR count). The quantitative estimate of drug-likeness (QED) is 0.632. The highest BCUT2D eigenvalue weighted by Crippen LogP contribution is 2.24. The zero-order chi connectivity index (χ0) is 10.5. The third-order valence-corrected chi connectivity index (χ3v) is 3.73. The number of nitrogens with two attached hydrogens (primary N) is 1. The first-order valence-corrected chi connectivity index (χ1v) is 6.43. The van der Waals surface area contributed by atoms with Crippen molar-refractivity contribution in [2.24, 2.45) is 0 Å². The minimum atomic E-state index is 0.446. The number of hydrogen-bond donors (Lipinski definition) is 1. The summed E-state index contributed by atoms with van der Waals surface area (Å²) in [6, 6.07) is 8.04. The maximum absolute atomic E-state index is 5.68. The summed E-state index contributed by atoms with van der Waals surface area (Å²) in [6.07, 6.45) is 4.19. The number of thioether (sulfide) groups is 1. The third-order valence-electron chi connectivity index (χ3n) is 2.59. The molecule has 1 atom stereocenters. The van der Waals surface area contributed by atoms with Crippen LogP contribution in [0, 0.1) is 0 Å². The molecule has 3 heteroatoms. The molecule has 1 aliphatic heterocycles. The number of hydrogen-bond acceptors (Lipinski definition) is 3. The lowest BCUT2D eigenvalue weighted by molar-refractivity contribution is 0.0315. The summed E-state index contributed by atoms with van der Waals surface area (Å²) in [5.41, 5.74) is 6.46. The number of rotatable bonds is 3. The summed E-state index contributed by atoms with van der Waals surface area (Å²) < 4.78 is 5.68. The Balaban J connectivity index is 1.79. The zero-order valence-corrected chi connectivity index (χ0v) is 9.63. The number of anilines is 1. The van der Waals surface area contributed by atoms with Crippen molar-refractivity contribution in [1.82, 2.24) is 0 Å². The molecule has 1 aromatic carbocycles. The fourth-order valence-electron chi connectivity index (χ4n) is 1.69. The van der Waals surface area contributed by atoms with Crippen LogP contribution in [0.1, 0.15) is 19.3 Å². The van der Waals surface area contributed by atoms with E-state index in [0.717, 1.165) is 18.0 Å². The van der Waals surface area contributed by atoms with Crippen molar-refractivity contribution in [2.75, 3.05) is 18.1 Å². The monoisotopic (exact) mass is 223 g/mol. The Morgan fingerprint density at radius 3 is 2.73 bits per heavy atom. The summed E-state index contributed by atoms with van der Waals surface area (Å²) in [6.45, 7) is 0.937. The molecule has 2 nitrogen and oxygen atoms in total. The van der Waals surface area contributed by atoms with E-state index < -0.39 is 0 Å². The van der Waals surface area contributed by atoms with Gasteiger partial charge in [-0.2, -0.15) is 0 Å². The first-order chi connectivity index (χ1) is 7.34. The first-order valence-electron chi connectivity index (χ1n) is 5.44. The van der Waals surface area contributed by atoms with E-state index in [4.69, 9.17) is 10.5 Å². The standard InChI is InChI=1S/C12H17NOS/c13-10-4-6-12(7-5-10)15-9-11-3-1-2-8-14-11/h4-7,11H,1-3,8-9,13H2. The Labute approximate surface area is 95.2 Å². The van der Waals surface area contributed by atoms with Gasteiger partial charge in [0.2, 0.25) is 0 Å². The van der Waals surface area contributed by atoms with E-state index in [0.29, 0.717) is 6.10 Å². The van der Waals surface area contributed by atoms with Crippen LogP contribution in [0.15, 0.2) is 29.2 Å². The molecule has 1 fully saturated rings. The lowest BCUT2D eigenvalue weighted by Crippen LogP contribution is -2.21. The summed E-state index contributed by atoms with van der Waals surface area (Å²) in [5, 5.41) is 0. The molecule has 1 saturated heterocycles. The van der Waals surface area contributed by atoms with Crippen LogP contribution in [0.3, 0.4) is 0 Å². The molecule has 1 unspecified atom stereocenters. The fraction of sp³-hybridized carbons (Fsp3) is 0.500. The molecule has 0 amide bonds. The highest BCUT2D eigenvalue weighted by Gasteiger charge is 2.13. The van der Waals surface area contributed by atoms with Crippen LogP contribution < -0.4 is 5.73 Å². The van der Waals surface area contributed by atoms with Crippen molar-refractivity contribution >= 4 is 17.4 Å². The van der Waals surface area contributed by atoms with E-state index in [1.165, 1.54) is 24.2 Å². The Hall–Kier alpha value is -0.670. The summed E-state index contributed by atoms with van der Waals surface area (Å²) in [4.78, 5) is 1.28. The summed E-state index contributed by atoms with van der Waals surface area (Å²) >= 11 is 1.86. The normalized spacial score (nSPS) is 21.5. The average molecular weight is 223 g/mol. The van der Waals surface area contributed by atoms with Gasteiger partial charge in [0.15, 0.2) is 0 Å². The van der Waals surface area contributed by atoms with E-state index in [9.17, 15) is 0 Å². The molecule has 15 heavy (non-hydrogen) atoms. The lowest BCUT2D eigenvalue weighted by atomic mass is 10.1. The molecule has 1 heterocycles. The van der Waals surface area contributed by atoms with Gasteiger partial charge in [-0.15, -0.1) is 11.8 Å². The summed E-state index contributed by atoms with van der Waals surface area (Å²) in [5.74, 6) is 1.06. The molecule has 0 bridgehead atoms. The first kappa shape index (κ1) is 10.8. The van der Waals surface area contributed by atoms with Gasteiger partial charge in [0, 0.05) is 22.9 Å². The minimum absolute atomic E-state index is 0.446. The van der Waals surface area contributed by atoms with E-state index in [1.807, 2.05) is 23.9 Å². The molecule has 0 aromatic heterocycles. The van der Waals surface area contributed by atoms with Crippen LogP contribution in [0.25, 0.3) is 0 Å². The van der Waals surface area contributed by atoms with Crippen LogP contribution in [0.5, 0.6) is 0 Å². The molecule has 1 aliphatic rings. The van der Waals surface area contributed by atoms with Gasteiger partial charge >= 0.3 is 0 Å². The van der Waals surface area contributed by atoms with Crippen molar-refractivity contribution < 1.29 is 4.74 Å². The lowest BCUT2D eigenvalue weighted by Gasteiger charge is -2.22. The predicted octanol–water partition coefficient (Wildman–Crippen LogP) is 2.93.